The lowest BCUT2D eigenvalue weighted by molar-refractivity contribution is -0.115. The van der Waals surface area contributed by atoms with Crippen LogP contribution in [0.1, 0.15) is 16.4 Å². The molecule has 1 amide bonds. The second-order valence-electron chi connectivity index (χ2n) is 7.82. The van der Waals surface area contributed by atoms with E-state index in [-0.39, 0.29) is 10.8 Å². The molecule has 0 bridgehead atoms. The van der Waals surface area contributed by atoms with Crippen molar-refractivity contribution in [2.24, 2.45) is 0 Å². The van der Waals surface area contributed by atoms with Crippen molar-refractivity contribution >= 4 is 50.7 Å². The molecular formula is C27H23ClN2O3S2. The van der Waals surface area contributed by atoms with Crippen molar-refractivity contribution in [1.29, 1.82) is 0 Å². The van der Waals surface area contributed by atoms with E-state index < -0.39 is 15.3 Å². The third-order valence-corrected chi connectivity index (χ3v) is 8.16. The monoisotopic (exact) mass is 522 g/mol. The number of nitrogens with one attached hydrogen (secondary N) is 2. The molecule has 0 saturated carbocycles. The Morgan fingerprint density at radius 3 is 2.11 bits per heavy atom. The van der Waals surface area contributed by atoms with Crippen molar-refractivity contribution < 1.29 is 13.2 Å². The van der Waals surface area contributed by atoms with Crippen molar-refractivity contribution in [2.45, 2.75) is 22.0 Å². The van der Waals surface area contributed by atoms with E-state index in [1.807, 2.05) is 43.3 Å². The Labute approximate surface area is 214 Å². The Balaban J connectivity index is 1.52. The van der Waals surface area contributed by atoms with Gasteiger partial charge in [0, 0.05) is 10.6 Å². The normalized spacial score (nSPS) is 12.1. The van der Waals surface area contributed by atoms with Gasteiger partial charge in [-0.15, -0.1) is 11.8 Å². The van der Waals surface area contributed by atoms with Gasteiger partial charge in [-0.2, -0.15) is 0 Å². The van der Waals surface area contributed by atoms with E-state index in [2.05, 4.69) is 10.0 Å². The Kier molecular flexibility index (Phi) is 7.80. The maximum atomic E-state index is 13.2. The van der Waals surface area contributed by atoms with E-state index in [0.717, 1.165) is 16.0 Å². The number of thioether (sulfide) groups is 1. The molecule has 35 heavy (non-hydrogen) atoms. The summed E-state index contributed by atoms with van der Waals surface area (Å²) in [5.74, 6) is -0.210. The van der Waals surface area contributed by atoms with E-state index in [1.165, 1.54) is 11.8 Å². The van der Waals surface area contributed by atoms with Crippen LogP contribution in [0.15, 0.2) is 113 Å². The predicted molar refractivity (Wildman–Crippen MR) is 144 cm³/mol. The first-order chi connectivity index (χ1) is 16.8. The van der Waals surface area contributed by atoms with Crippen molar-refractivity contribution in [3.63, 3.8) is 0 Å². The number of rotatable bonds is 8. The van der Waals surface area contributed by atoms with Crippen LogP contribution < -0.4 is 10.0 Å². The summed E-state index contributed by atoms with van der Waals surface area (Å²) >= 11 is 7.59. The van der Waals surface area contributed by atoms with Crippen LogP contribution in [0.5, 0.6) is 0 Å². The van der Waals surface area contributed by atoms with Crippen molar-refractivity contribution in [3.05, 3.63) is 119 Å². The molecule has 0 aliphatic rings. The highest BCUT2D eigenvalue weighted by Gasteiger charge is 2.23. The Morgan fingerprint density at radius 1 is 0.829 bits per heavy atom. The first-order valence-electron chi connectivity index (χ1n) is 10.8. The van der Waals surface area contributed by atoms with E-state index in [4.69, 9.17) is 11.6 Å². The van der Waals surface area contributed by atoms with Gasteiger partial charge in [0.2, 0.25) is 5.91 Å². The number of halogens is 1. The number of para-hydroxylation sites is 1. The lowest BCUT2D eigenvalue weighted by atomic mass is 10.1. The largest absolute Gasteiger partial charge is 0.323 e. The molecule has 178 valence electrons. The molecule has 1 unspecified atom stereocenters. The minimum atomic E-state index is -3.69. The van der Waals surface area contributed by atoms with Gasteiger partial charge < -0.3 is 5.32 Å². The van der Waals surface area contributed by atoms with Crippen LogP contribution in [0, 0.1) is 6.92 Å². The molecule has 0 fully saturated rings. The summed E-state index contributed by atoms with van der Waals surface area (Å²) in [6.07, 6.45) is 0. The minimum absolute atomic E-state index is 0.196. The van der Waals surface area contributed by atoms with E-state index in [1.54, 1.807) is 66.7 Å². The number of amides is 1. The molecule has 4 aromatic rings. The van der Waals surface area contributed by atoms with Crippen LogP contribution in [0.2, 0.25) is 5.02 Å². The summed E-state index contributed by atoms with van der Waals surface area (Å²) in [5, 5.41) is 2.83. The maximum Gasteiger partial charge on any atom is 0.261 e. The number of hydrogen-bond donors (Lipinski definition) is 2. The van der Waals surface area contributed by atoms with E-state index >= 15 is 0 Å². The van der Waals surface area contributed by atoms with Crippen LogP contribution >= 0.6 is 23.4 Å². The molecule has 4 rings (SSSR count). The third-order valence-electron chi connectivity index (χ3n) is 5.16. The number of hydrogen-bond acceptors (Lipinski definition) is 4. The highest BCUT2D eigenvalue weighted by atomic mass is 35.5. The average molecular weight is 523 g/mol. The summed E-state index contributed by atoms with van der Waals surface area (Å²) in [4.78, 5) is 14.2. The number of carbonyl (C=O) groups excluding carboxylic acids is 1. The zero-order valence-corrected chi connectivity index (χ0v) is 21.2. The Bertz CT molecular complexity index is 1410. The Morgan fingerprint density at radius 2 is 1.46 bits per heavy atom. The fraction of sp³-hybridized carbons (Fsp3) is 0.0741. The molecule has 4 aromatic carbocycles. The summed E-state index contributed by atoms with van der Waals surface area (Å²) in [6, 6.07) is 30.1. The molecule has 0 aliphatic carbocycles. The summed E-state index contributed by atoms with van der Waals surface area (Å²) < 4.78 is 27.9. The molecule has 0 heterocycles. The van der Waals surface area contributed by atoms with E-state index in [9.17, 15) is 13.2 Å². The third kappa shape index (κ3) is 6.45. The molecule has 0 aromatic heterocycles. The molecular weight excluding hydrogens is 500 g/mol. The van der Waals surface area contributed by atoms with Gasteiger partial charge in [0.15, 0.2) is 0 Å². The van der Waals surface area contributed by atoms with Gasteiger partial charge in [0.1, 0.15) is 5.25 Å². The van der Waals surface area contributed by atoms with E-state index in [0.29, 0.717) is 16.4 Å². The highest BCUT2D eigenvalue weighted by molar-refractivity contribution is 8.00. The van der Waals surface area contributed by atoms with Crippen LogP contribution in [-0.4, -0.2) is 14.3 Å². The standard InChI is InChI=1S/C27H23ClN2O3S2/c1-19-11-17-23(18-12-19)35(32,33)30-21-13-15-22(16-14-21)34-26(20-7-3-2-4-8-20)27(31)29-25-10-6-5-9-24(25)28/h2-18,26,30H,1H3,(H,29,31). The fourth-order valence-corrected chi connectivity index (χ4v) is 5.60. The first-order valence-corrected chi connectivity index (χ1v) is 13.5. The molecule has 8 heteroatoms. The van der Waals surface area contributed by atoms with Crippen LogP contribution in [0.4, 0.5) is 11.4 Å². The van der Waals surface area contributed by atoms with Crippen LogP contribution in [0.3, 0.4) is 0 Å². The van der Waals surface area contributed by atoms with Crippen molar-refractivity contribution in [1.82, 2.24) is 0 Å². The second kappa shape index (κ2) is 11.0. The molecule has 5 nitrogen and oxygen atoms in total. The number of carbonyl (C=O) groups is 1. The van der Waals surface area contributed by atoms with Gasteiger partial charge in [-0.05, 0) is 61.0 Å². The van der Waals surface area contributed by atoms with Gasteiger partial charge in [0.25, 0.3) is 10.0 Å². The lowest BCUT2D eigenvalue weighted by Crippen LogP contribution is -2.19. The smallest absolute Gasteiger partial charge is 0.261 e. The predicted octanol–water partition coefficient (Wildman–Crippen LogP) is 6.92. The fourth-order valence-electron chi connectivity index (χ4n) is 3.33. The lowest BCUT2D eigenvalue weighted by Gasteiger charge is -2.18. The molecule has 2 N–H and O–H groups in total. The second-order valence-corrected chi connectivity index (χ2v) is 11.1. The van der Waals surface area contributed by atoms with Crippen molar-refractivity contribution in [2.75, 3.05) is 10.0 Å². The molecule has 0 spiro atoms. The number of aryl methyl sites for hydroxylation is 1. The molecule has 1 atom stereocenters. The average Bonchev–Trinajstić information content (AvgIpc) is 2.85. The van der Waals surface area contributed by atoms with Crippen molar-refractivity contribution in [3.8, 4) is 0 Å². The highest BCUT2D eigenvalue weighted by Crippen LogP contribution is 2.37. The summed E-state index contributed by atoms with van der Waals surface area (Å²) in [6.45, 7) is 1.90. The molecule has 0 aliphatic heterocycles. The van der Waals surface area contributed by atoms with Gasteiger partial charge in [0.05, 0.1) is 15.6 Å². The zero-order chi connectivity index (χ0) is 24.8. The quantitative estimate of drug-likeness (QED) is 0.246. The molecule has 0 radical (unpaired) electrons. The summed E-state index contributed by atoms with van der Waals surface area (Å²) in [5.41, 5.74) is 2.80. The summed E-state index contributed by atoms with van der Waals surface area (Å²) in [7, 11) is -3.69. The molecule has 0 saturated heterocycles. The van der Waals surface area contributed by atoms with Gasteiger partial charge >= 0.3 is 0 Å². The Hall–Kier alpha value is -3.26. The number of anilines is 2. The topological polar surface area (TPSA) is 75.3 Å². The maximum absolute atomic E-state index is 13.2. The number of sulfonamides is 1. The zero-order valence-electron chi connectivity index (χ0n) is 18.8. The number of benzene rings is 4. The van der Waals surface area contributed by atoms with Gasteiger partial charge in [-0.3, -0.25) is 9.52 Å². The first kappa shape index (κ1) is 24.9. The SMILES string of the molecule is Cc1ccc(S(=O)(=O)Nc2ccc(SC(C(=O)Nc3ccccc3Cl)c3ccccc3)cc2)cc1. The minimum Gasteiger partial charge on any atom is -0.323 e. The van der Waals surface area contributed by atoms with Gasteiger partial charge in [-0.1, -0.05) is 71.8 Å². The van der Waals surface area contributed by atoms with Gasteiger partial charge in [-0.25, -0.2) is 8.42 Å². The van der Waals surface area contributed by atoms with Crippen LogP contribution in [-0.2, 0) is 14.8 Å². The van der Waals surface area contributed by atoms with Crippen LogP contribution in [0.25, 0.3) is 0 Å².